The van der Waals surface area contributed by atoms with Crippen molar-refractivity contribution >= 4 is 20.9 Å². The molecule has 0 unspecified atom stereocenters. The molecule has 0 bridgehead atoms. The zero-order chi connectivity index (χ0) is 16.2. The molecule has 122 valence electrons. The Bertz CT molecular complexity index is 854. The first-order valence-electron chi connectivity index (χ1n) is 8.38. The molecule has 2 aliphatic rings. The van der Waals surface area contributed by atoms with Crippen molar-refractivity contribution in [2.45, 2.75) is 56.5 Å². The SMILES string of the molecule is Cc1ccc(S(=O)(=O)N(C2CC2)[C@H](C)C2CC2)c2cccnc12. The van der Waals surface area contributed by atoms with Crippen molar-refractivity contribution in [3.8, 4) is 0 Å². The van der Waals surface area contributed by atoms with Crippen molar-refractivity contribution in [1.29, 1.82) is 0 Å². The lowest BCUT2D eigenvalue weighted by Gasteiger charge is -2.29. The minimum Gasteiger partial charge on any atom is -0.256 e. The van der Waals surface area contributed by atoms with Crippen LogP contribution >= 0.6 is 0 Å². The van der Waals surface area contributed by atoms with Crippen LogP contribution in [-0.4, -0.2) is 29.8 Å². The smallest absolute Gasteiger partial charge is 0.244 e. The standard InChI is InChI=1S/C18H22N2O2S/c1-12-5-10-17(16-4-3-11-19-18(12)16)23(21,22)20(15-8-9-15)13(2)14-6-7-14/h3-5,10-11,13-15H,6-9H2,1-2H3/t13-/m1/s1. The maximum atomic E-state index is 13.4. The number of hydrogen-bond donors (Lipinski definition) is 0. The van der Waals surface area contributed by atoms with Crippen molar-refractivity contribution in [1.82, 2.24) is 9.29 Å². The summed E-state index contributed by atoms with van der Waals surface area (Å²) in [4.78, 5) is 4.79. The second-order valence-corrected chi connectivity index (χ2v) is 8.74. The average molecular weight is 330 g/mol. The monoisotopic (exact) mass is 330 g/mol. The van der Waals surface area contributed by atoms with E-state index in [9.17, 15) is 8.42 Å². The van der Waals surface area contributed by atoms with Crippen molar-refractivity contribution < 1.29 is 8.42 Å². The van der Waals surface area contributed by atoms with E-state index in [1.807, 2.05) is 25.1 Å². The van der Waals surface area contributed by atoms with Crippen molar-refractivity contribution in [3.05, 3.63) is 36.0 Å². The summed E-state index contributed by atoms with van der Waals surface area (Å²) in [5.41, 5.74) is 1.79. The Morgan fingerprint density at radius 1 is 1.17 bits per heavy atom. The predicted molar refractivity (Wildman–Crippen MR) is 90.7 cm³/mol. The molecule has 0 saturated heterocycles. The highest BCUT2D eigenvalue weighted by atomic mass is 32.2. The molecule has 0 N–H and O–H groups in total. The number of sulfonamides is 1. The highest BCUT2D eigenvalue weighted by Crippen LogP contribution is 2.43. The third-order valence-electron chi connectivity index (χ3n) is 5.10. The lowest BCUT2D eigenvalue weighted by Crippen LogP contribution is -2.41. The van der Waals surface area contributed by atoms with Crippen LogP contribution in [-0.2, 0) is 10.0 Å². The lowest BCUT2D eigenvalue weighted by molar-refractivity contribution is 0.302. The Labute approximate surface area is 137 Å². The summed E-state index contributed by atoms with van der Waals surface area (Å²) in [6.45, 7) is 4.04. The second kappa shape index (κ2) is 5.28. The van der Waals surface area contributed by atoms with E-state index in [1.54, 1.807) is 16.6 Å². The zero-order valence-electron chi connectivity index (χ0n) is 13.6. The van der Waals surface area contributed by atoms with Gasteiger partial charge < -0.3 is 0 Å². The fraction of sp³-hybridized carbons (Fsp3) is 0.500. The topological polar surface area (TPSA) is 50.3 Å². The van der Waals surface area contributed by atoms with Gasteiger partial charge in [-0.25, -0.2) is 8.42 Å². The van der Waals surface area contributed by atoms with Gasteiger partial charge in [0.2, 0.25) is 10.0 Å². The predicted octanol–water partition coefficient (Wildman–Crippen LogP) is 3.49. The molecular weight excluding hydrogens is 308 g/mol. The van der Waals surface area contributed by atoms with Crippen LogP contribution in [0.25, 0.3) is 10.9 Å². The van der Waals surface area contributed by atoms with E-state index in [1.165, 1.54) is 0 Å². The fourth-order valence-corrected chi connectivity index (χ4v) is 5.61. The van der Waals surface area contributed by atoms with Crippen LogP contribution in [0.3, 0.4) is 0 Å². The first-order valence-corrected chi connectivity index (χ1v) is 9.82. The molecule has 23 heavy (non-hydrogen) atoms. The number of pyridine rings is 1. The van der Waals surface area contributed by atoms with Crippen molar-refractivity contribution in [2.75, 3.05) is 0 Å². The maximum Gasteiger partial charge on any atom is 0.244 e. The molecule has 2 fully saturated rings. The van der Waals surface area contributed by atoms with Gasteiger partial charge in [0.25, 0.3) is 0 Å². The number of aromatic nitrogens is 1. The van der Waals surface area contributed by atoms with Gasteiger partial charge in [0, 0.05) is 23.7 Å². The van der Waals surface area contributed by atoms with Crippen LogP contribution in [0.1, 0.15) is 38.2 Å². The number of hydrogen-bond acceptors (Lipinski definition) is 3. The molecular formula is C18H22N2O2S. The third-order valence-corrected chi connectivity index (χ3v) is 7.20. The molecule has 1 heterocycles. The van der Waals surface area contributed by atoms with Gasteiger partial charge in [-0.3, -0.25) is 4.98 Å². The van der Waals surface area contributed by atoms with Crippen LogP contribution in [0.5, 0.6) is 0 Å². The highest BCUT2D eigenvalue weighted by molar-refractivity contribution is 7.89. The molecule has 0 amide bonds. The molecule has 2 aromatic rings. The minimum atomic E-state index is -3.49. The van der Waals surface area contributed by atoms with Crippen LogP contribution in [0.4, 0.5) is 0 Å². The van der Waals surface area contributed by atoms with Gasteiger partial charge in [0.05, 0.1) is 10.4 Å². The Balaban J connectivity index is 1.86. The van der Waals surface area contributed by atoms with E-state index in [0.29, 0.717) is 10.8 Å². The summed E-state index contributed by atoms with van der Waals surface area (Å²) >= 11 is 0. The summed E-state index contributed by atoms with van der Waals surface area (Å²) in [6, 6.07) is 7.59. The summed E-state index contributed by atoms with van der Waals surface area (Å²) in [7, 11) is -3.49. The Morgan fingerprint density at radius 2 is 1.91 bits per heavy atom. The van der Waals surface area contributed by atoms with E-state index >= 15 is 0 Å². The van der Waals surface area contributed by atoms with E-state index in [-0.39, 0.29) is 12.1 Å². The van der Waals surface area contributed by atoms with Crippen LogP contribution < -0.4 is 0 Å². The summed E-state index contributed by atoms with van der Waals surface area (Å²) in [6.07, 6.45) is 5.99. The molecule has 5 heteroatoms. The Morgan fingerprint density at radius 3 is 2.57 bits per heavy atom. The number of nitrogens with zero attached hydrogens (tertiary/aromatic N) is 2. The average Bonchev–Trinajstić information content (AvgIpc) is 3.39. The summed E-state index contributed by atoms with van der Waals surface area (Å²) < 4.78 is 28.6. The van der Waals surface area contributed by atoms with Gasteiger partial charge in [-0.05, 0) is 69.2 Å². The van der Waals surface area contributed by atoms with Crippen molar-refractivity contribution in [2.24, 2.45) is 5.92 Å². The molecule has 4 nitrogen and oxygen atoms in total. The van der Waals surface area contributed by atoms with E-state index in [0.717, 1.165) is 42.1 Å². The zero-order valence-corrected chi connectivity index (χ0v) is 14.4. The summed E-state index contributed by atoms with van der Waals surface area (Å²) in [5.74, 6) is 0.528. The first-order chi connectivity index (χ1) is 11.0. The molecule has 1 aromatic heterocycles. The first kappa shape index (κ1) is 15.1. The van der Waals surface area contributed by atoms with Gasteiger partial charge in [0.1, 0.15) is 0 Å². The van der Waals surface area contributed by atoms with Gasteiger partial charge in [-0.2, -0.15) is 4.31 Å². The maximum absolute atomic E-state index is 13.4. The van der Waals surface area contributed by atoms with Gasteiger partial charge in [-0.15, -0.1) is 0 Å². The second-order valence-electron chi connectivity index (χ2n) is 6.92. The molecule has 2 saturated carbocycles. The number of aryl methyl sites for hydroxylation is 1. The van der Waals surface area contributed by atoms with E-state index in [4.69, 9.17) is 0 Å². The third kappa shape index (κ3) is 2.56. The molecule has 1 atom stereocenters. The Hall–Kier alpha value is -1.46. The molecule has 4 rings (SSSR count). The van der Waals surface area contributed by atoms with E-state index < -0.39 is 10.0 Å². The number of rotatable bonds is 5. The quantitative estimate of drug-likeness (QED) is 0.843. The van der Waals surface area contributed by atoms with Crippen LogP contribution in [0.15, 0.2) is 35.4 Å². The van der Waals surface area contributed by atoms with Gasteiger partial charge in [-0.1, -0.05) is 6.07 Å². The largest absolute Gasteiger partial charge is 0.256 e. The normalized spacial score (nSPS) is 20.1. The number of fused-ring (bicyclic) bond motifs is 1. The number of benzene rings is 1. The van der Waals surface area contributed by atoms with Crippen LogP contribution in [0, 0.1) is 12.8 Å². The molecule has 0 aliphatic heterocycles. The van der Waals surface area contributed by atoms with Crippen molar-refractivity contribution in [3.63, 3.8) is 0 Å². The fourth-order valence-electron chi connectivity index (χ4n) is 3.49. The van der Waals surface area contributed by atoms with Crippen LogP contribution in [0.2, 0.25) is 0 Å². The molecule has 2 aliphatic carbocycles. The lowest BCUT2D eigenvalue weighted by atomic mass is 10.1. The van der Waals surface area contributed by atoms with Gasteiger partial charge >= 0.3 is 0 Å². The highest BCUT2D eigenvalue weighted by Gasteiger charge is 2.46. The molecule has 0 radical (unpaired) electrons. The van der Waals surface area contributed by atoms with Gasteiger partial charge in [0.15, 0.2) is 0 Å². The molecule has 1 aromatic carbocycles. The Kier molecular flexibility index (Phi) is 3.46. The van der Waals surface area contributed by atoms with E-state index in [2.05, 4.69) is 11.9 Å². The minimum absolute atomic E-state index is 0.0977. The summed E-state index contributed by atoms with van der Waals surface area (Å²) in [5, 5.41) is 0.737. The molecule has 0 spiro atoms.